The Labute approximate surface area is 248 Å². The molecular formula is C28H25F3N8O4S. The normalized spacial score (nSPS) is 15.9. The molecule has 12 nitrogen and oxygen atoms in total. The van der Waals surface area contributed by atoms with Crippen LogP contribution in [0, 0.1) is 0 Å². The van der Waals surface area contributed by atoms with E-state index in [1.807, 2.05) is 0 Å². The van der Waals surface area contributed by atoms with Gasteiger partial charge in [-0.15, -0.1) is 5.10 Å². The molecule has 16 heteroatoms. The average Bonchev–Trinajstić information content (AvgIpc) is 3.60. The number of halogens is 3. The van der Waals surface area contributed by atoms with Gasteiger partial charge in [0.2, 0.25) is 5.95 Å². The molecule has 228 valence electrons. The fourth-order valence-electron chi connectivity index (χ4n) is 5.32. The van der Waals surface area contributed by atoms with Gasteiger partial charge in [0.05, 0.1) is 28.0 Å². The lowest BCUT2D eigenvalue weighted by atomic mass is 10.0. The summed E-state index contributed by atoms with van der Waals surface area (Å²) in [6, 6.07) is 11.8. The molecule has 0 aliphatic carbocycles. The summed E-state index contributed by atoms with van der Waals surface area (Å²) in [6.07, 6.45) is -1.59. The fourth-order valence-corrected chi connectivity index (χ4v) is 6.70. The zero-order valence-corrected chi connectivity index (χ0v) is 23.9. The highest BCUT2D eigenvalue weighted by molar-refractivity contribution is 7.90. The zero-order valence-electron chi connectivity index (χ0n) is 23.1. The van der Waals surface area contributed by atoms with Crippen LogP contribution in [0.1, 0.15) is 18.4 Å². The number of rotatable bonds is 6. The van der Waals surface area contributed by atoms with Gasteiger partial charge in [-0.2, -0.15) is 13.2 Å². The topological polar surface area (TPSA) is 148 Å². The number of amides is 1. The number of anilines is 1. The molecule has 0 bridgehead atoms. The highest BCUT2D eigenvalue weighted by atomic mass is 32.2. The number of piperidine rings is 1. The van der Waals surface area contributed by atoms with Gasteiger partial charge >= 0.3 is 12.3 Å². The summed E-state index contributed by atoms with van der Waals surface area (Å²) in [5, 5.41) is 20.3. The van der Waals surface area contributed by atoms with Gasteiger partial charge in [0, 0.05) is 55.1 Å². The summed E-state index contributed by atoms with van der Waals surface area (Å²) in [7, 11) is -2.61. The number of hydrogen-bond donors (Lipinski definition) is 2. The Bertz CT molecular complexity index is 1980. The van der Waals surface area contributed by atoms with Gasteiger partial charge in [-0.05, 0) is 31.0 Å². The van der Waals surface area contributed by atoms with Crippen molar-refractivity contribution in [3.63, 3.8) is 0 Å². The minimum absolute atomic E-state index is 0.0579. The van der Waals surface area contributed by atoms with Crippen LogP contribution in [0.5, 0.6) is 0 Å². The van der Waals surface area contributed by atoms with Crippen LogP contribution in [0.15, 0.2) is 72.0 Å². The number of fused-ring (bicyclic) bond motifs is 1. The van der Waals surface area contributed by atoms with Gasteiger partial charge in [-0.25, -0.2) is 31.8 Å². The van der Waals surface area contributed by atoms with Crippen LogP contribution in [0.25, 0.3) is 33.4 Å². The molecule has 0 spiro atoms. The van der Waals surface area contributed by atoms with Gasteiger partial charge in [-0.1, -0.05) is 35.5 Å². The lowest BCUT2D eigenvalue weighted by Crippen LogP contribution is -2.44. The second-order valence-corrected chi connectivity index (χ2v) is 12.1. The summed E-state index contributed by atoms with van der Waals surface area (Å²) in [6.45, 7) is 0.453. The van der Waals surface area contributed by atoms with E-state index in [2.05, 4.69) is 25.6 Å². The summed E-state index contributed by atoms with van der Waals surface area (Å²) < 4.78 is 73.2. The minimum atomic E-state index is -4.87. The first-order chi connectivity index (χ1) is 20.9. The van der Waals surface area contributed by atoms with Crippen molar-refractivity contribution >= 4 is 33.0 Å². The highest BCUT2D eigenvalue weighted by Gasteiger charge is 2.37. The second-order valence-electron chi connectivity index (χ2n) is 10.3. The molecule has 6 rings (SSSR count). The smallest absolute Gasteiger partial charge is 0.419 e. The third kappa shape index (κ3) is 5.32. The van der Waals surface area contributed by atoms with Crippen molar-refractivity contribution < 1.29 is 31.5 Å². The largest absolute Gasteiger partial charge is 0.465 e. The maximum Gasteiger partial charge on any atom is 0.419 e. The molecule has 2 aromatic carbocycles. The first-order valence-electron chi connectivity index (χ1n) is 13.4. The van der Waals surface area contributed by atoms with E-state index in [9.17, 15) is 31.5 Å². The van der Waals surface area contributed by atoms with Crippen LogP contribution >= 0.6 is 0 Å². The van der Waals surface area contributed by atoms with Crippen molar-refractivity contribution in [2.75, 3.05) is 18.4 Å². The average molecular weight is 627 g/mol. The van der Waals surface area contributed by atoms with Crippen LogP contribution in [0.3, 0.4) is 0 Å². The Kier molecular flexibility index (Phi) is 7.23. The Morgan fingerprint density at radius 3 is 2.57 bits per heavy atom. The van der Waals surface area contributed by atoms with Crippen LogP contribution in [0.4, 0.5) is 23.9 Å². The number of benzene rings is 2. The number of carboxylic acid groups (broad SMARTS) is 1. The molecule has 44 heavy (non-hydrogen) atoms. The van der Waals surface area contributed by atoms with Crippen molar-refractivity contribution in [3.05, 3.63) is 72.7 Å². The van der Waals surface area contributed by atoms with E-state index >= 15 is 0 Å². The molecule has 3 aromatic heterocycles. The molecule has 5 aromatic rings. The standard InChI is InChI=1S/C28H25F3N8O4S/c1-37-24(14-33-36-37)17-9-10-20-21(16-39(23(20)12-17)44(42,43)19-7-3-2-4-8-19)25-22(28(29,30)31)13-32-26(35-25)34-18-6-5-11-38(15-18)27(40)41/h2-4,7-10,12-14,16,18H,5-6,11,15H2,1H3,(H,40,41)(H,32,34,35)/t18-/m0/s1. The van der Waals surface area contributed by atoms with Crippen molar-refractivity contribution in [1.82, 2.24) is 33.8 Å². The predicted molar refractivity (Wildman–Crippen MR) is 153 cm³/mol. The van der Waals surface area contributed by atoms with Crippen molar-refractivity contribution in [1.29, 1.82) is 0 Å². The molecule has 2 N–H and O–H groups in total. The number of hydrogen-bond acceptors (Lipinski definition) is 8. The van der Waals surface area contributed by atoms with Gasteiger partial charge in [0.25, 0.3) is 10.0 Å². The van der Waals surface area contributed by atoms with E-state index < -0.39 is 39.6 Å². The Morgan fingerprint density at radius 1 is 1.11 bits per heavy atom. The summed E-state index contributed by atoms with van der Waals surface area (Å²) in [4.78, 5) is 20.7. The number of aryl methyl sites for hydroxylation is 1. The highest BCUT2D eigenvalue weighted by Crippen LogP contribution is 2.41. The lowest BCUT2D eigenvalue weighted by molar-refractivity contribution is -0.137. The molecule has 4 heterocycles. The van der Waals surface area contributed by atoms with Crippen LogP contribution in [-0.4, -0.2) is 72.6 Å². The minimum Gasteiger partial charge on any atom is -0.465 e. The number of carbonyl (C=O) groups is 1. The lowest BCUT2D eigenvalue weighted by Gasteiger charge is -2.31. The quantitative estimate of drug-likeness (QED) is 0.274. The molecule has 0 radical (unpaired) electrons. The first-order valence-corrected chi connectivity index (χ1v) is 14.9. The summed E-state index contributed by atoms with van der Waals surface area (Å²) in [5.41, 5.74) is -0.542. The number of nitrogens with one attached hydrogen (secondary N) is 1. The Morgan fingerprint density at radius 2 is 1.89 bits per heavy atom. The third-order valence-corrected chi connectivity index (χ3v) is 9.14. The molecular weight excluding hydrogens is 601 g/mol. The van der Waals surface area contributed by atoms with Crippen molar-refractivity contribution in [2.24, 2.45) is 7.05 Å². The Balaban J connectivity index is 1.54. The van der Waals surface area contributed by atoms with Crippen LogP contribution in [0.2, 0.25) is 0 Å². The van der Waals surface area contributed by atoms with Crippen molar-refractivity contribution in [2.45, 2.75) is 30.0 Å². The maximum atomic E-state index is 14.4. The number of nitrogens with zero attached hydrogens (tertiary/aromatic N) is 7. The van der Waals surface area contributed by atoms with Gasteiger partial charge in [-0.3, -0.25) is 0 Å². The maximum absolute atomic E-state index is 14.4. The van der Waals surface area contributed by atoms with Crippen LogP contribution < -0.4 is 5.32 Å². The molecule has 1 saturated heterocycles. The van der Waals surface area contributed by atoms with Gasteiger partial charge in [0.1, 0.15) is 5.56 Å². The van der Waals surface area contributed by atoms with Crippen molar-refractivity contribution in [3.8, 4) is 22.5 Å². The molecule has 1 aliphatic heterocycles. The molecule has 1 amide bonds. The summed E-state index contributed by atoms with van der Waals surface area (Å²) in [5.74, 6) is -0.144. The monoisotopic (exact) mass is 626 g/mol. The van der Waals surface area contributed by atoms with E-state index in [1.54, 1.807) is 37.4 Å². The number of alkyl halides is 3. The van der Waals surface area contributed by atoms with E-state index in [4.69, 9.17) is 0 Å². The number of aromatic nitrogens is 6. The van der Waals surface area contributed by atoms with E-state index in [0.717, 1.165) is 10.2 Å². The predicted octanol–water partition coefficient (Wildman–Crippen LogP) is 4.70. The van der Waals surface area contributed by atoms with Gasteiger partial charge in [0.15, 0.2) is 0 Å². The second kappa shape index (κ2) is 10.9. The molecule has 0 saturated carbocycles. The summed E-state index contributed by atoms with van der Waals surface area (Å²) >= 11 is 0. The number of likely N-dealkylation sites (tertiary alicyclic amines) is 1. The first kappa shape index (κ1) is 29.1. The zero-order chi connectivity index (χ0) is 31.2. The fraction of sp³-hybridized carbons (Fsp3) is 0.250. The van der Waals surface area contributed by atoms with E-state index in [0.29, 0.717) is 36.8 Å². The van der Waals surface area contributed by atoms with E-state index in [1.165, 1.54) is 34.0 Å². The Hall–Kier alpha value is -4.99. The molecule has 1 aliphatic rings. The van der Waals surface area contributed by atoms with E-state index in [-0.39, 0.29) is 33.9 Å². The molecule has 0 unspecified atom stereocenters. The van der Waals surface area contributed by atoms with Gasteiger partial charge < -0.3 is 15.3 Å². The molecule has 1 atom stereocenters. The SMILES string of the molecule is Cn1nncc1-c1ccc2c(-c3nc(N[C@H]4CCCN(C(=O)O)C4)ncc3C(F)(F)F)cn(S(=O)(=O)c3ccccc3)c2c1. The third-order valence-electron chi connectivity index (χ3n) is 7.46. The van der Waals surface area contributed by atoms with Crippen LogP contribution in [-0.2, 0) is 23.2 Å². The molecule has 1 fully saturated rings.